The highest BCUT2D eigenvalue weighted by atomic mass is 32.1. The topological polar surface area (TPSA) is 32.3 Å². The molecule has 0 aliphatic heterocycles. The van der Waals surface area contributed by atoms with Gasteiger partial charge in [0.15, 0.2) is 0 Å². The van der Waals surface area contributed by atoms with Crippen LogP contribution in [0, 0.1) is 13.8 Å². The fourth-order valence-corrected chi connectivity index (χ4v) is 4.25. The van der Waals surface area contributed by atoms with Gasteiger partial charge < -0.3 is 5.32 Å². The van der Waals surface area contributed by atoms with Gasteiger partial charge in [-0.05, 0) is 48.4 Å². The third kappa shape index (κ3) is 5.26. The van der Waals surface area contributed by atoms with E-state index in [1.807, 2.05) is 19.1 Å². The Labute approximate surface area is 156 Å². The predicted molar refractivity (Wildman–Crippen MR) is 107 cm³/mol. The van der Waals surface area contributed by atoms with E-state index in [9.17, 15) is 4.79 Å². The van der Waals surface area contributed by atoms with E-state index in [0.29, 0.717) is 6.54 Å². The minimum atomic E-state index is 0.0278. The summed E-state index contributed by atoms with van der Waals surface area (Å²) in [4.78, 5) is 17.3. The standard InChI is InChI=1S/C20H22N2OS2/c1-15-7-8-19(16(2)11-15)21-20(23)14-22(12-17-5-3-9-24-17)13-18-6-4-10-25-18/h3-11H,12-14H2,1-2H3,(H,21,23). The lowest BCUT2D eigenvalue weighted by atomic mass is 10.1. The first-order chi connectivity index (χ1) is 12.1. The zero-order chi connectivity index (χ0) is 17.6. The van der Waals surface area contributed by atoms with Crippen LogP contribution in [0.5, 0.6) is 0 Å². The summed E-state index contributed by atoms with van der Waals surface area (Å²) >= 11 is 3.46. The molecule has 1 N–H and O–H groups in total. The average Bonchev–Trinajstić information content (AvgIpc) is 3.24. The molecule has 1 aromatic carbocycles. The quantitative estimate of drug-likeness (QED) is 0.630. The van der Waals surface area contributed by atoms with Crippen LogP contribution in [0.2, 0.25) is 0 Å². The van der Waals surface area contributed by atoms with Gasteiger partial charge in [-0.25, -0.2) is 0 Å². The molecule has 1 amide bonds. The molecule has 25 heavy (non-hydrogen) atoms. The highest BCUT2D eigenvalue weighted by molar-refractivity contribution is 7.10. The summed E-state index contributed by atoms with van der Waals surface area (Å²) in [5, 5.41) is 7.21. The first-order valence-electron chi connectivity index (χ1n) is 8.24. The van der Waals surface area contributed by atoms with Gasteiger partial charge in [-0.1, -0.05) is 29.8 Å². The van der Waals surface area contributed by atoms with E-state index in [1.165, 1.54) is 15.3 Å². The van der Waals surface area contributed by atoms with E-state index >= 15 is 0 Å². The number of carbonyl (C=O) groups is 1. The number of benzene rings is 1. The molecule has 3 aromatic rings. The Morgan fingerprint density at radius 1 is 1.00 bits per heavy atom. The maximum Gasteiger partial charge on any atom is 0.238 e. The zero-order valence-corrected chi connectivity index (χ0v) is 16.1. The number of nitrogens with one attached hydrogen (secondary N) is 1. The molecule has 3 nitrogen and oxygen atoms in total. The van der Waals surface area contributed by atoms with E-state index in [4.69, 9.17) is 0 Å². The number of aryl methyl sites for hydroxylation is 2. The van der Waals surface area contributed by atoms with Crippen LogP contribution in [0.15, 0.2) is 53.2 Å². The third-order valence-electron chi connectivity index (χ3n) is 3.94. The second kappa shape index (κ2) is 8.43. The van der Waals surface area contributed by atoms with Gasteiger partial charge in [-0.15, -0.1) is 22.7 Å². The van der Waals surface area contributed by atoms with Gasteiger partial charge in [-0.3, -0.25) is 9.69 Å². The molecule has 2 aromatic heterocycles. The van der Waals surface area contributed by atoms with Crippen LogP contribution in [0.3, 0.4) is 0 Å². The molecule has 0 atom stereocenters. The van der Waals surface area contributed by atoms with Crippen LogP contribution in [-0.2, 0) is 17.9 Å². The minimum Gasteiger partial charge on any atom is -0.325 e. The molecule has 0 saturated carbocycles. The van der Waals surface area contributed by atoms with Gasteiger partial charge in [-0.2, -0.15) is 0 Å². The van der Waals surface area contributed by atoms with E-state index in [-0.39, 0.29) is 5.91 Å². The average molecular weight is 371 g/mol. The molecule has 0 aliphatic carbocycles. The van der Waals surface area contributed by atoms with Crippen LogP contribution >= 0.6 is 22.7 Å². The van der Waals surface area contributed by atoms with Crippen molar-refractivity contribution in [1.82, 2.24) is 4.90 Å². The predicted octanol–water partition coefficient (Wildman–Crippen LogP) is 5.07. The lowest BCUT2D eigenvalue weighted by molar-refractivity contribution is -0.117. The highest BCUT2D eigenvalue weighted by Crippen LogP contribution is 2.19. The fourth-order valence-electron chi connectivity index (χ4n) is 2.76. The first kappa shape index (κ1) is 17.9. The van der Waals surface area contributed by atoms with Crippen molar-refractivity contribution < 1.29 is 4.79 Å². The van der Waals surface area contributed by atoms with Crippen molar-refractivity contribution in [3.8, 4) is 0 Å². The second-order valence-corrected chi connectivity index (χ2v) is 8.23. The Morgan fingerprint density at radius 3 is 2.16 bits per heavy atom. The van der Waals surface area contributed by atoms with Crippen molar-refractivity contribution in [2.45, 2.75) is 26.9 Å². The number of thiophene rings is 2. The van der Waals surface area contributed by atoms with Gasteiger partial charge in [0.1, 0.15) is 0 Å². The summed E-state index contributed by atoms with van der Waals surface area (Å²) in [6.07, 6.45) is 0. The fraction of sp³-hybridized carbons (Fsp3) is 0.250. The summed E-state index contributed by atoms with van der Waals surface area (Å²) in [7, 11) is 0. The Balaban J connectivity index is 1.66. The normalized spacial score (nSPS) is 11.0. The van der Waals surface area contributed by atoms with Gasteiger partial charge in [0.2, 0.25) is 5.91 Å². The summed E-state index contributed by atoms with van der Waals surface area (Å²) in [6.45, 7) is 6.04. The van der Waals surface area contributed by atoms with Crippen LogP contribution in [-0.4, -0.2) is 17.4 Å². The summed E-state index contributed by atoms with van der Waals surface area (Å²) in [5.74, 6) is 0.0278. The summed E-state index contributed by atoms with van der Waals surface area (Å²) in [5.41, 5.74) is 3.19. The van der Waals surface area contributed by atoms with Crippen molar-refractivity contribution >= 4 is 34.3 Å². The number of carbonyl (C=O) groups excluding carboxylic acids is 1. The molecule has 0 bridgehead atoms. The van der Waals surface area contributed by atoms with Crippen LogP contribution in [0.25, 0.3) is 0 Å². The van der Waals surface area contributed by atoms with Crippen molar-refractivity contribution in [3.63, 3.8) is 0 Å². The van der Waals surface area contributed by atoms with Crippen molar-refractivity contribution in [3.05, 3.63) is 74.1 Å². The molecule has 0 aliphatic rings. The zero-order valence-electron chi connectivity index (χ0n) is 14.5. The minimum absolute atomic E-state index is 0.0278. The van der Waals surface area contributed by atoms with E-state index in [0.717, 1.165) is 24.3 Å². The lowest BCUT2D eigenvalue weighted by Gasteiger charge is -2.21. The number of amides is 1. The van der Waals surface area contributed by atoms with Crippen molar-refractivity contribution in [2.24, 2.45) is 0 Å². The first-order valence-corrected chi connectivity index (χ1v) is 10.0. The number of nitrogens with zero attached hydrogens (tertiary/aromatic N) is 1. The van der Waals surface area contributed by atoms with Crippen LogP contribution in [0.1, 0.15) is 20.9 Å². The van der Waals surface area contributed by atoms with Gasteiger partial charge in [0.05, 0.1) is 6.54 Å². The SMILES string of the molecule is Cc1ccc(NC(=O)CN(Cc2cccs2)Cc2cccs2)c(C)c1. The van der Waals surface area contributed by atoms with Crippen molar-refractivity contribution in [1.29, 1.82) is 0 Å². The number of rotatable bonds is 7. The summed E-state index contributed by atoms with van der Waals surface area (Å²) in [6, 6.07) is 14.4. The molecule has 0 spiro atoms. The highest BCUT2D eigenvalue weighted by Gasteiger charge is 2.14. The summed E-state index contributed by atoms with van der Waals surface area (Å²) < 4.78 is 0. The molecule has 0 saturated heterocycles. The van der Waals surface area contributed by atoms with Gasteiger partial charge in [0.25, 0.3) is 0 Å². The smallest absolute Gasteiger partial charge is 0.238 e. The van der Waals surface area contributed by atoms with E-state index in [1.54, 1.807) is 22.7 Å². The van der Waals surface area contributed by atoms with Gasteiger partial charge in [0, 0.05) is 28.5 Å². The molecule has 130 valence electrons. The Kier molecular flexibility index (Phi) is 6.02. The molecule has 3 rings (SSSR count). The van der Waals surface area contributed by atoms with E-state index in [2.05, 4.69) is 58.2 Å². The molecule has 2 heterocycles. The molecule has 0 unspecified atom stereocenters. The Morgan fingerprint density at radius 2 is 1.64 bits per heavy atom. The monoisotopic (exact) mass is 370 g/mol. The third-order valence-corrected chi connectivity index (χ3v) is 5.66. The van der Waals surface area contributed by atoms with Gasteiger partial charge >= 0.3 is 0 Å². The Bertz CT molecular complexity index is 774. The largest absolute Gasteiger partial charge is 0.325 e. The van der Waals surface area contributed by atoms with Crippen molar-refractivity contribution in [2.75, 3.05) is 11.9 Å². The van der Waals surface area contributed by atoms with Crippen LogP contribution < -0.4 is 5.32 Å². The maximum atomic E-state index is 12.6. The Hall–Kier alpha value is -1.95. The number of anilines is 1. The molecule has 5 heteroatoms. The second-order valence-electron chi connectivity index (χ2n) is 6.17. The maximum absolute atomic E-state index is 12.6. The molecule has 0 fully saturated rings. The van der Waals surface area contributed by atoms with Crippen LogP contribution in [0.4, 0.5) is 5.69 Å². The molecule has 0 radical (unpaired) electrons. The lowest BCUT2D eigenvalue weighted by Crippen LogP contribution is -2.32. The molecular formula is C20H22N2OS2. The number of hydrogen-bond donors (Lipinski definition) is 1. The number of hydrogen-bond acceptors (Lipinski definition) is 4. The molecular weight excluding hydrogens is 348 g/mol. The van der Waals surface area contributed by atoms with E-state index < -0.39 is 0 Å².